The quantitative estimate of drug-likeness (QED) is 0.103. The second kappa shape index (κ2) is 16.5. The maximum atomic E-state index is 12.9. The van der Waals surface area contributed by atoms with Gasteiger partial charge in [-0.3, -0.25) is 9.59 Å². The molecule has 232 valence electrons. The highest BCUT2D eigenvalue weighted by Gasteiger charge is 2.37. The van der Waals surface area contributed by atoms with E-state index >= 15 is 0 Å². The molecule has 0 amide bonds. The van der Waals surface area contributed by atoms with Gasteiger partial charge in [-0.2, -0.15) is 23.5 Å². The fourth-order valence-corrected chi connectivity index (χ4v) is 7.46. The highest BCUT2D eigenvalue weighted by atomic mass is 32.2. The van der Waals surface area contributed by atoms with Gasteiger partial charge in [-0.05, 0) is 24.7 Å². The van der Waals surface area contributed by atoms with Crippen molar-refractivity contribution in [1.82, 2.24) is 0 Å². The highest BCUT2D eigenvalue weighted by Crippen LogP contribution is 2.40. The van der Waals surface area contributed by atoms with Crippen molar-refractivity contribution in [2.75, 3.05) is 24.7 Å². The first-order chi connectivity index (χ1) is 19.6. The van der Waals surface area contributed by atoms with Crippen LogP contribution in [0.3, 0.4) is 0 Å². The van der Waals surface area contributed by atoms with Crippen molar-refractivity contribution >= 4 is 47.0 Å². The summed E-state index contributed by atoms with van der Waals surface area (Å²) in [5.41, 5.74) is 1.80. The summed E-state index contributed by atoms with van der Waals surface area (Å²) in [6.07, 6.45) is 15.3. The summed E-state index contributed by atoms with van der Waals surface area (Å²) in [5, 5.41) is 0.208. The Morgan fingerprint density at radius 2 is 1.10 bits per heavy atom. The first-order valence-electron chi connectivity index (χ1n) is 14.7. The first kappa shape index (κ1) is 35.9. The highest BCUT2D eigenvalue weighted by molar-refractivity contribution is 8.00. The molecule has 0 fully saturated rings. The maximum absolute atomic E-state index is 12.9. The Bertz CT molecular complexity index is 1050. The van der Waals surface area contributed by atoms with E-state index < -0.39 is 11.9 Å². The van der Waals surface area contributed by atoms with E-state index in [9.17, 15) is 19.2 Å². The predicted molar refractivity (Wildman–Crippen MR) is 174 cm³/mol. The fraction of sp³-hybridized carbons (Fsp3) is 0.588. The van der Waals surface area contributed by atoms with Gasteiger partial charge >= 0.3 is 11.9 Å². The molecule has 4 unspecified atom stereocenters. The van der Waals surface area contributed by atoms with Gasteiger partial charge in [0.1, 0.15) is 24.8 Å². The first-order valence-corrected chi connectivity index (χ1v) is 16.8. The molecule has 0 aromatic heterocycles. The van der Waals surface area contributed by atoms with E-state index in [1.165, 1.54) is 0 Å². The third-order valence-electron chi connectivity index (χ3n) is 7.61. The number of ether oxygens (including phenoxy) is 2. The molecule has 0 N–H and O–H groups in total. The van der Waals surface area contributed by atoms with Crippen LogP contribution < -0.4 is 0 Å². The number of hydrogen-bond donors (Lipinski definition) is 0. The molecule has 0 saturated heterocycles. The van der Waals surface area contributed by atoms with Crippen LogP contribution >= 0.6 is 23.5 Å². The molecule has 2 aliphatic rings. The Kier molecular flexibility index (Phi) is 14.1. The minimum atomic E-state index is -0.612. The Labute approximate surface area is 260 Å². The number of rotatable bonds is 16. The summed E-state index contributed by atoms with van der Waals surface area (Å²) in [7, 11) is 0. The maximum Gasteiger partial charge on any atom is 0.331 e. The van der Waals surface area contributed by atoms with E-state index in [2.05, 4.69) is 39.8 Å². The smallest absolute Gasteiger partial charge is 0.331 e. The van der Waals surface area contributed by atoms with Crippen LogP contribution in [0.2, 0.25) is 0 Å². The summed E-state index contributed by atoms with van der Waals surface area (Å²) in [6, 6.07) is 0. The summed E-state index contributed by atoms with van der Waals surface area (Å²) in [6.45, 7) is 16.8. The lowest BCUT2D eigenvalue weighted by Crippen LogP contribution is -2.33. The molecule has 6 nitrogen and oxygen atoms in total. The zero-order valence-corrected chi connectivity index (χ0v) is 28.1. The largest absolute Gasteiger partial charge is 0.462 e. The second-order valence-electron chi connectivity index (χ2n) is 12.4. The molecule has 0 bridgehead atoms. The summed E-state index contributed by atoms with van der Waals surface area (Å²) in [4.78, 5) is 49.8. The standard InChI is InChI=1S/C34H48O6S2/c1-23-11-9-15-33(5,6)31(23)27(35)21-25(3)41-19-17-39-29(37)13-14-30(38)40-18-20-42-26(4)22-28(36)32-24(2)12-10-16-34(32,7)8/h9-16,25-26,31-32H,17-22H2,1-8H3/b14-13-. The van der Waals surface area contributed by atoms with E-state index in [-0.39, 0.29) is 57.9 Å². The van der Waals surface area contributed by atoms with Gasteiger partial charge < -0.3 is 9.47 Å². The summed E-state index contributed by atoms with van der Waals surface area (Å²) >= 11 is 3.17. The van der Waals surface area contributed by atoms with Crippen molar-refractivity contribution in [3.05, 3.63) is 59.8 Å². The number of carbonyl (C=O) groups excluding carboxylic acids is 4. The predicted octanol–water partition coefficient (Wildman–Crippen LogP) is 7.11. The number of hydrogen-bond acceptors (Lipinski definition) is 8. The van der Waals surface area contributed by atoms with Gasteiger partial charge in [0.15, 0.2) is 0 Å². The molecule has 2 rings (SSSR count). The van der Waals surface area contributed by atoms with E-state index in [1.54, 1.807) is 23.5 Å². The van der Waals surface area contributed by atoms with Crippen LogP contribution in [0, 0.1) is 22.7 Å². The Hall–Kier alpha value is -2.32. The number of carbonyl (C=O) groups is 4. The van der Waals surface area contributed by atoms with Gasteiger partial charge in [0.2, 0.25) is 0 Å². The molecule has 8 heteroatoms. The van der Waals surface area contributed by atoms with Crippen molar-refractivity contribution in [2.24, 2.45) is 22.7 Å². The normalized spacial score (nSPS) is 22.2. The zero-order chi connectivity index (χ0) is 31.5. The Morgan fingerprint density at radius 1 is 0.738 bits per heavy atom. The third kappa shape index (κ3) is 11.4. The van der Waals surface area contributed by atoms with Crippen molar-refractivity contribution < 1.29 is 28.7 Å². The topological polar surface area (TPSA) is 86.7 Å². The number of esters is 2. The minimum absolute atomic E-state index is 0.104. The molecular formula is C34H48O6S2. The third-order valence-corrected chi connectivity index (χ3v) is 9.88. The lowest BCUT2D eigenvalue weighted by Gasteiger charge is -2.34. The second-order valence-corrected chi connectivity index (χ2v) is 15.5. The molecule has 4 atom stereocenters. The zero-order valence-electron chi connectivity index (χ0n) is 26.4. The molecule has 0 aromatic rings. The van der Waals surface area contributed by atoms with Crippen LogP contribution in [-0.4, -0.2) is 58.7 Å². The molecule has 0 aromatic carbocycles. The molecular weight excluding hydrogens is 569 g/mol. The van der Waals surface area contributed by atoms with Crippen LogP contribution in [0.4, 0.5) is 0 Å². The molecule has 42 heavy (non-hydrogen) atoms. The average molecular weight is 617 g/mol. The van der Waals surface area contributed by atoms with E-state index in [0.717, 1.165) is 23.3 Å². The number of ketones is 2. The molecule has 0 heterocycles. The van der Waals surface area contributed by atoms with Gasteiger partial charge in [-0.1, -0.05) is 89.1 Å². The fourth-order valence-electron chi connectivity index (χ4n) is 5.73. The summed E-state index contributed by atoms with van der Waals surface area (Å²) < 4.78 is 10.4. The van der Waals surface area contributed by atoms with Gasteiger partial charge in [0.25, 0.3) is 0 Å². The van der Waals surface area contributed by atoms with Crippen LogP contribution in [-0.2, 0) is 28.7 Å². The molecule has 0 radical (unpaired) electrons. The molecule has 2 aliphatic carbocycles. The molecule has 0 saturated carbocycles. The van der Waals surface area contributed by atoms with Crippen LogP contribution in [0.1, 0.15) is 68.2 Å². The van der Waals surface area contributed by atoms with Crippen molar-refractivity contribution in [1.29, 1.82) is 0 Å². The van der Waals surface area contributed by atoms with Crippen molar-refractivity contribution in [3.8, 4) is 0 Å². The number of Topliss-reactive ketones (excluding diaryl/α,β-unsaturated/α-hetero) is 2. The van der Waals surface area contributed by atoms with Crippen LogP contribution in [0.5, 0.6) is 0 Å². The van der Waals surface area contributed by atoms with Gasteiger partial charge in [-0.25, -0.2) is 9.59 Å². The van der Waals surface area contributed by atoms with Gasteiger partial charge in [-0.15, -0.1) is 0 Å². The van der Waals surface area contributed by atoms with E-state index in [0.29, 0.717) is 24.3 Å². The van der Waals surface area contributed by atoms with Crippen molar-refractivity contribution in [3.63, 3.8) is 0 Å². The Morgan fingerprint density at radius 3 is 1.43 bits per heavy atom. The number of thioether (sulfide) groups is 2. The van der Waals surface area contributed by atoms with E-state index in [1.807, 2.05) is 52.0 Å². The average Bonchev–Trinajstić information content (AvgIpc) is 2.86. The molecule has 0 spiro atoms. The SMILES string of the molecule is CC1=CC=CC(C)(C)C1C(=O)CC(C)SCCOC(=O)/C=C\C(=O)OCCSC(C)CC(=O)C1C(C)=CC=CC1(C)C. The lowest BCUT2D eigenvalue weighted by atomic mass is 9.69. The lowest BCUT2D eigenvalue weighted by molar-refractivity contribution is -0.139. The van der Waals surface area contributed by atoms with Crippen molar-refractivity contribution in [2.45, 2.75) is 78.7 Å². The minimum Gasteiger partial charge on any atom is -0.462 e. The van der Waals surface area contributed by atoms with Crippen LogP contribution in [0.25, 0.3) is 0 Å². The molecule has 0 aliphatic heterocycles. The van der Waals surface area contributed by atoms with E-state index in [4.69, 9.17) is 9.47 Å². The van der Waals surface area contributed by atoms with Gasteiger partial charge in [0, 0.05) is 58.8 Å². The Balaban J connectivity index is 1.59. The number of allylic oxidation sites excluding steroid dienone is 8. The summed E-state index contributed by atoms with van der Waals surface area (Å²) in [5.74, 6) is 0.126. The van der Waals surface area contributed by atoms with Gasteiger partial charge in [0.05, 0.1) is 0 Å². The van der Waals surface area contributed by atoms with Crippen LogP contribution in [0.15, 0.2) is 59.8 Å². The monoisotopic (exact) mass is 616 g/mol.